The van der Waals surface area contributed by atoms with Gasteiger partial charge in [-0.3, -0.25) is 4.79 Å². The van der Waals surface area contributed by atoms with Gasteiger partial charge in [0.05, 0.1) is 6.54 Å². The van der Waals surface area contributed by atoms with Crippen molar-refractivity contribution >= 4 is 12.0 Å². The van der Waals surface area contributed by atoms with Crippen molar-refractivity contribution < 1.29 is 4.79 Å². The van der Waals surface area contributed by atoms with Crippen LogP contribution in [-0.2, 0) is 4.79 Å². The second-order valence-electron chi connectivity index (χ2n) is 12.2. The highest BCUT2D eigenvalue weighted by molar-refractivity contribution is 5.85. The first-order valence-electron chi connectivity index (χ1n) is 13.5. The SMILES string of the molecule is CC1CCC2C(CCC3C2CCC2(C)C(C(=O)CNC4=C(C=N)CCCC4)CCC32)C1. The van der Waals surface area contributed by atoms with Gasteiger partial charge < -0.3 is 10.7 Å². The van der Waals surface area contributed by atoms with Crippen LogP contribution in [0.1, 0.15) is 97.3 Å². The number of allylic oxidation sites excluding steroid dienone is 2. The predicted octanol–water partition coefficient (Wildman–Crippen LogP) is 6.53. The van der Waals surface area contributed by atoms with E-state index in [1.807, 2.05) is 0 Å². The van der Waals surface area contributed by atoms with E-state index in [0.717, 1.165) is 60.3 Å². The molecular weight excluding hydrogens is 380 g/mol. The van der Waals surface area contributed by atoms with E-state index in [1.54, 1.807) is 0 Å². The molecule has 3 heteroatoms. The highest BCUT2D eigenvalue weighted by Gasteiger charge is 2.58. The van der Waals surface area contributed by atoms with Gasteiger partial charge >= 0.3 is 0 Å². The molecule has 2 N–H and O–H groups in total. The molecule has 5 aliphatic rings. The molecule has 0 amide bonds. The van der Waals surface area contributed by atoms with Gasteiger partial charge in [-0.1, -0.05) is 20.3 Å². The standard InChI is InChI=1S/C28H44N2O/c1-18-7-9-21-19(15-18)8-10-23-22(21)13-14-28(2)24(23)11-12-25(28)27(31)17-30-26-6-4-3-5-20(26)16-29/h16,18-19,21-25,29-30H,3-15,17H2,1-2H3. The number of carbonyl (C=O) groups excluding carboxylic acids is 1. The lowest BCUT2D eigenvalue weighted by Gasteiger charge is -2.56. The zero-order chi connectivity index (χ0) is 21.6. The summed E-state index contributed by atoms with van der Waals surface area (Å²) in [5, 5.41) is 11.2. The van der Waals surface area contributed by atoms with Crippen LogP contribution in [0.5, 0.6) is 0 Å². The van der Waals surface area contributed by atoms with Crippen LogP contribution in [0.25, 0.3) is 0 Å². The van der Waals surface area contributed by atoms with E-state index in [1.165, 1.54) is 76.1 Å². The number of hydrogen-bond donors (Lipinski definition) is 2. The predicted molar refractivity (Wildman–Crippen MR) is 127 cm³/mol. The van der Waals surface area contributed by atoms with Crippen molar-refractivity contribution in [3.63, 3.8) is 0 Å². The van der Waals surface area contributed by atoms with Gasteiger partial charge in [-0.25, -0.2) is 0 Å². The molecule has 5 aliphatic carbocycles. The molecule has 4 saturated carbocycles. The summed E-state index contributed by atoms with van der Waals surface area (Å²) in [5.74, 6) is 6.28. The number of rotatable bonds is 5. The molecular formula is C28H44N2O. The summed E-state index contributed by atoms with van der Waals surface area (Å²) >= 11 is 0. The molecule has 0 heterocycles. The summed E-state index contributed by atoms with van der Waals surface area (Å²) in [6, 6.07) is 0. The Kier molecular flexibility index (Phi) is 6.07. The smallest absolute Gasteiger partial charge is 0.155 e. The minimum Gasteiger partial charge on any atom is -0.381 e. The van der Waals surface area contributed by atoms with Gasteiger partial charge in [0.1, 0.15) is 0 Å². The minimum atomic E-state index is 0.236. The largest absolute Gasteiger partial charge is 0.381 e. The Morgan fingerprint density at radius 3 is 2.68 bits per heavy atom. The Hall–Kier alpha value is -1.12. The summed E-state index contributed by atoms with van der Waals surface area (Å²) < 4.78 is 0. The topological polar surface area (TPSA) is 53.0 Å². The molecule has 0 aromatic heterocycles. The van der Waals surface area contributed by atoms with E-state index in [4.69, 9.17) is 5.41 Å². The first-order chi connectivity index (χ1) is 15.0. The molecule has 0 aromatic carbocycles. The number of fused-ring (bicyclic) bond motifs is 5. The molecule has 8 atom stereocenters. The monoisotopic (exact) mass is 424 g/mol. The third kappa shape index (κ3) is 3.82. The zero-order valence-corrected chi connectivity index (χ0v) is 19.9. The first kappa shape index (κ1) is 21.7. The van der Waals surface area contributed by atoms with E-state index < -0.39 is 0 Å². The number of ketones is 1. The molecule has 0 saturated heterocycles. The summed E-state index contributed by atoms with van der Waals surface area (Å²) in [6.45, 7) is 5.44. The van der Waals surface area contributed by atoms with Crippen LogP contribution in [0.15, 0.2) is 11.3 Å². The van der Waals surface area contributed by atoms with Crippen LogP contribution in [-0.4, -0.2) is 18.5 Å². The summed E-state index contributed by atoms with van der Waals surface area (Å²) in [7, 11) is 0. The van der Waals surface area contributed by atoms with Crippen LogP contribution in [0, 0.1) is 52.2 Å². The molecule has 3 nitrogen and oxygen atoms in total. The van der Waals surface area contributed by atoms with Crippen molar-refractivity contribution in [2.45, 2.75) is 97.3 Å². The second-order valence-corrected chi connectivity index (χ2v) is 12.2. The minimum absolute atomic E-state index is 0.236. The fourth-order valence-corrected chi connectivity index (χ4v) is 9.22. The van der Waals surface area contributed by atoms with E-state index in [9.17, 15) is 4.79 Å². The Morgan fingerprint density at radius 2 is 1.84 bits per heavy atom. The zero-order valence-electron chi connectivity index (χ0n) is 19.9. The fourth-order valence-electron chi connectivity index (χ4n) is 9.22. The lowest BCUT2D eigenvalue weighted by molar-refractivity contribution is -0.129. The van der Waals surface area contributed by atoms with Crippen LogP contribution in [0.3, 0.4) is 0 Å². The Bertz CT molecular complexity index is 741. The third-order valence-electron chi connectivity index (χ3n) is 10.8. The van der Waals surface area contributed by atoms with Gasteiger partial charge in [0.25, 0.3) is 0 Å². The number of hydrogen-bond acceptors (Lipinski definition) is 3. The van der Waals surface area contributed by atoms with Crippen molar-refractivity contribution in [2.24, 2.45) is 46.8 Å². The number of nitrogens with one attached hydrogen (secondary N) is 2. The van der Waals surface area contributed by atoms with Crippen molar-refractivity contribution in [3.05, 3.63) is 11.3 Å². The summed E-state index contributed by atoms with van der Waals surface area (Å²) in [5.41, 5.74) is 2.52. The van der Waals surface area contributed by atoms with Gasteiger partial charge in [-0.15, -0.1) is 0 Å². The van der Waals surface area contributed by atoms with Gasteiger partial charge in [0.15, 0.2) is 5.78 Å². The van der Waals surface area contributed by atoms with E-state index >= 15 is 0 Å². The third-order valence-corrected chi connectivity index (χ3v) is 10.8. The van der Waals surface area contributed by atoms with Crippen LogP contribution >= 0.6 is 0 Å². The van der Waals surface area contributed by atoms with E-state index in [2.05, 4.69) is 19.2 Å². The molecule has 0 aromatic rings. The van der Waals surface area contributed by atoms with Crippen LogP contribution < -0.4 is 5.32 Å². The quantitative estimate of drug-likeness (QED) is 0.493. The van der Waals surface area contributed by atoms with E-state index in [-0.39, 0.29) is 11.3 Å². The van der Waals surface area contributed by atoms with Crippen molar-refractivity contribution in [2.75, 3.05) is 6.54 Å². The van der Waals surface area contributed by atoms with Crippen LogP contribution in [0.4, 0.5) is 0 Å². The lowest BCUT2D eigenvalue weighted by Crippen LogP contribution is -2.49. The number of Topliss-reactive ketones (excluding diaryl/α,β-unsaturated/α-hetero) is 1. The van der Waals surface area contributed by atoms with Crippen molar-refractivity contribution in [1.82, 2.24) is 5.32 Å². The molecule has 0 radical (unpaired) electrons. The van der Waals surface area contributed by atoms with Gasteiger partial charge in [0, 0.05) is 17.8 Å². The first-order valence-corrected chi connectivity index (χ1v) is 13.5. The summed E-state index contributed by atoms with van der Waals surface area (Å²) in [6.07, 6.45) is 18.2. The Morgan fingerprint density at radius 1 is 1.03 bits per heavy atom. The molecule has 0 spiro atoms. The molecule has 8 unspecified atom stereocenters. The maximum Gasteiger partial charge on any atom is 0.155 e. The average molecular weight is 425 g/mol. The van der Waals surface area contributed by atoms with Gasteiger partial charge in [-0.05, 0) is 124 Å². The fraction of sp³-hybridized carbons (Fsp3) is 0.857. The highest BCUT2D eigenvalue weighted by Crippen LogP contribution is 2.64. The number of carbonyl (C=O) groups is 1. The lowest BCUT2D eigenvalue weighted by atomic mass is 9.49. The second kappa shape index (κ2) is 8.67. The highest BCUT2D eigenvalue weighted by atomic mass is 16.1. The Balaban J connectivity index is 1.25. The molecule has 172 valence electrons. The van der Waals surface area contributed by atoms with E-state index in [0.29, 0.717) is 12.3 Å². The van der Waals surface area contributed by atoms with Crippen LogP contribution in [0.2, 0.25) is 0 Å². The Labute approximate surface area is 189 Å². The normalized spacial score (nSPS) is 44.8. The summed E-state index contributed by atoms with van der Waals surface area (Å²) in [4.78, 5) is 13.4. The van der Waals surface area contributed by atoms with Crippen molar-refractivity contribution in [3.8, 4) is 0 Å². The van der Waals surface area contributed by atoms with Gasteiger partial charge in [-0.2, -0.15) is 0 Å². The molecule has 31 heavy (non-hydrogen) atoms. The van der Waals surface area contributed by atoms with Crippen molar-refractivity contribution in [1.29, 1.82) is 5.41 Å². The van der Waals surface area contributed by atoms with Gasteiger partial charge in [0.2, 0.25) is 0 Å². The molecule has 5 rings (SSSR count). The molecule has 4 fully saturated rings. The molecule has 0 aliphatic heterocycles. The average Bonchev–Trinajstić information content (AvgIpc) is 3.14. The maximum atomic E-state index is 13.4. The maximum absolute atomic E-state index is 13.4. The molecule has 0 bridgehead atoms.